The smallest absolute Gasteiger partial charge is 0.363 e. The van der Waals surface area contributed by atoms with Gasteiger partial charge in [0, 0.05) is 11.4 Å². The van der Waals surface area contributed by atoms with Crippen molar-refractivity contribution in [2.24, 2.45) is 0 Å². The van der Waals surface area contributed by atoms with Crippen LogP contribution in [0.4, 0.5) is 15.8 Å². The molecule has 152 valence electrons. The highest BCUT2D eigenvalue weighted by Crippen LogP contribution is 2.33. The second kappa shape index (κ2) is 7.51. The molecule has 1 aromatic heterocycles. The fourth-order valence-electron chi connectivity index (χ4n) is 3.72. The van der Waals surface area contributed by atoms with E-state index in [-0.39, 0.29) is 16.6 Å². The molecule has 0 atom stereocenters. The Morgan fingerprint density at radius 2 is 1.79 bits per heavy atom. The van der Waals surface area contributed by atoms with Crippen molar-refractivity contribution in [1.29, 1.82) is 0 Å². The number of sulfonamides is 1. The highest BCUT2D eigenvalue weighted by Gasteiger charge is 2.25. The van der Waals surface area contributed by atoms with Gasteiger partial charge in [0.1, 0.15) is 11.4 Å². The zero-order chi connectivity index (χ0) is 20.6. The molecule has 1 heterocycles. The zero-order valence-corrected chi connectivity index (χ0v) is 16.7. The van der Waals surface area contributed by atoms with Gasteiger partial charge >= 0.3 is 5.63 Å². The Morgan fingerprint density at radius 1 is 1.07 bits per heavy atom. The van der Waals surface area contributed by atoms with E-state index in [1.54, 1.807) is 31.2 Å². The molecule has 1 saturated carbocycles. The molecule has 6 nitrogen and oxygen atoms in total. The normalized spacial score (nSPS) is 15.0. The van der Waals surface area contributed by atoms with E-state index in [9.17, 15) is 17.6 Å². The van der Waals surface area contributed by atoms with Crippen molar-refractivity contribution in [2.75, 3.05) is 10.0 Å². The van der Waals surface area contributed by atoms with Gasteiger partial charge in [-0.3, -0.25) is 4.72 Å². The van der Waals surface area contributed by atoms with Gasteiger partial charge < -0.3 is 9.73 Å². The summed E-state index contributed by atoms with van der Waals surface area (Å²) < 4.78 is 47.3. The van der Waals surface area contributed by atoms with Crippen molar-refractivity contribution in [1.82, 2.24) is 0 Å². The maximum atomic E-state index is 13.7. The first-order chi connectivity index (χ1) is 13.8. The fourth-order valence-corrected chi connectivity index (χ4v) is 5.04. The van der Waals surface area contributed by atoms with Crippen LogP contribution in [0.25, 0.3) is 11.0 Å². The van der Waals surface area contributed by atoms with Crippen molar-refractivity contribution >= 4 is 32.4 Å². The Bertz CT molecular complexity index is 1230. The first-order valence-corrected chi connectivity index (χ1v) is 10.9. The first-order valence-electron chi connectivity index (χ1n) is 9.46. The number of hydrogen-bond donors (Lipinski definition) is 2. The van der Waals surface area contributed by atoms with Crippen LogP contribution in [0, 0.1) is 12.7 Å². The molecule has 1 aliphatic rings. The number of anilines is 2. The monoisotopic (exact) mass is 416 g/mol. The van der Waals surface area contributed by atoms with Crippen LogP contribution in [0.2, 0.25) is 0 Å². The zero-order valence-electron chi connectivity index (χ0n) is 15.9. The van der Waals surface area contributed by atoms with E-state index in [0.717, 1.165) is 31.7 Å². The third-order valence-electron chi connectivity index (χ3n) is 5.19. The van der Waals surface area contributed by atoms with Gasteiger partial charge in [-0.25, -0.2) is 17.6 Å². The van der Waals surface area contributed by atoms with Crippen LogP contribution in [0.3, 0.4) is 0 Å². The largest absolute Gasteiger partial charge is 0.421 e. The summed E-state index contributed by atoms with van der Waals surface area (Å²) in [6, 6.07) is 10.6. The number of aryl methyl sites for hydroxylation is 1. The maximum Gasteiger partial charge on any atom is 0.363 e. The fraction of sp³-hybridized carbons (Fsp3) is 0.286. The maximum absolute atomic E-state index is 13.7. The summed E-state index contributed by atoms with van der Waals surface area (Å²) in [5.74, 6) is -0.675. The Hall–Kier alpha value is -2.87. The molecule has 29 heavy (non-hydrogen) atoms. The van der Waals surface area contributed by atoms with Crippen molar-refractivity contribution in [3.8, 4) is 0 Å². The summed E-state index contributed by atoms with van der Waals surface area (Å²) in [7, 11) is -4.20. The lowest BCUT2D eigenvalue weighted by Gasteiger charge is -2.19. The summed E-state index contributed by atoms with van der Waals surface area (Å²) in [6.07, 6.45) is 4.01. The van der Waals surface area contributed by atoms with Crippen LogP contribution < -0.4 is 15.7 Å². The molecule has 0 radical (unpaired) electrons. The summed E-state index contributed by atoms with van der Waals surface area (Å²) in [4.78, 5) is 12.5. The predicted molar refractivity (Wildman–Crippen MR) is 110 cm³/mol. The lowest BCUT2D eigenvalue weighted by molar-refractivity contribution is 0.562. The Labute approximate surface area is 167 Å². The van der Waals surface area contributed by atoms with E-state index >= 15 is 0 Å². The van der Waals surface area contributed by atoms with Gasteiger partial charge in [0.15, 0.2) is 5.69 Å². The average molecular weight is 416 g/mol. The van der Waals surface area contributed by atoms with Gasteiger partial charge in [-0.2, -0.15) is 0 Å². The van der Waals surface area contributed by atoms with Gasteiger partial charge in [-0.15, -0.1) is 0 Å². The molecule has 2 N–H and O–H groups in total. The minimum Gasteiger partial charge on any atom is -0.421 e. The summed E-state index contributed by atoms with van der Waals surface area (Å²) in [6.45, 7) is 1.56. The Kier molecular flexibility index (Phi) is 5.04. The molecule has 0 amide bonds. The van der Waals surface area contributed by atoms with Crippen LogP contribution in [-0.2, 0) is 10.0 Å². The van der Waals surface area contributed by atoms with Crippen molar-refractivity contribution < 1.29 is 17.2 Å². The molecular formula is C21H21FN2O4S. The number of halogens is 1. The molecule has 0 spiro atoms. The van der Waals surface area contributed by atoms with Crippen molar-refractivity contribution in [3.05, 3.63) is 64.3 Å². The number of para-hydroxylation sites is 1. The molecule has 8 heteroatoms. The minimum atomic E-state index is -4.20. The predicted octanol–water partition coefficient (Wildman–Crippen LogP) is 4.40. The third kappa shape index (κ3) is 3.85. The lowest BCUT2D eigenvalue weighted by Crippen LogP contribution is -2.23. The van der Waals surface area contributed by atoms with Crippen LogP contribution in [0.5, 0.6) is 0 Å². The SMILES string of the molecule is Cc1ccc(F)cc1S(=O)(=O)Nc1c(NC2CCCC2)c2ccccc2oc1=O. The molecule has 0 bridgehead atoms. The second-order valence-corrected chi connectivity index (χ2v) is 8.93. The van der Waals surface area contributed by atoms with Crippen molar-refractivity contribution in [2.45, 2.75) is 43.5 Å². The van der Waals surface area contributed by atoms with Gasteiger partial charge in [0.05, 0.1) is 10.6 Å². The molecule has 0 saturated heterocycles. The quantitative estimate of drug-likeness (QED) is 0.602. The van der Waals surface area contributed by atoms with E-state index in [1.165, 1.54) is 12.1 Å². The summed E-state index contributed by atoms with van der Waals surface area (Å²) in [5, 5.41) is 3.94. The van der Waals surface area contributed by atoms with E-state index in [4.69, 9.17) is 4.42 Å². The summed E-state index contributed by atoms with van der Waals surface area (Å²) in [5.41, 5.74) is 0.125. The molecule has 0 unspecified atom stereocenters. The topological polar surface area (TPSA) is 88.4 Å². The van der Waals surface area contributed by atoms with Gasteiger partial charge in [-0.1, -0.05) is 31.0 Å². The lowest BCUT2D eigenvalue weighted by atomic mass is 10.1. The minimum absolute atomic E-state index is 0.138. The van der Waals surface area contributed by atoms with E-state index in [0.29, 0.717) is 22.2 Å². The molecule has 0 aliphatic heterocycles. The average Bonchev–Trinajstić information content (AvgIpc) is 3.19. The van der Waals surface area contributed by atoms with Gasteiger partial charge in [0.25, 0.3) is 10.0 Å². The highest BCUT2D eigenvalue weighted by atomic mass is 32.2. The molecule has 1 fully saturated rings. The van der Waals surface area contributed by atoms with Crippen LogP contribution in [0.15, 0.2) is 56.6 Å². The number of nitrogens with one attached hydrogen (secondary N) is 2. The molecule has 1 aliphatic carbocycles. The second-order valence-electron chi connectivity index (χ2n) is 7.28. The Morgan fingerprint density at radius 3 is 2.55 bits per heavy atom. The van der Waals surface area contributed by atoms with Gasteiger partial charge in [0.2, 0.25) is 0 Å². The molecule has 3 aromatic rings. The first kappa shape index (κ1) is 19.4. The number of hydrogen-bond acceptors (Lipinski definition) is 5. The molecule has 2 aromatic carbocycles. The Balaban J connectivity index is 1.85. The van der Waals surface area contributed by atoms with E-state index < -0.39 is 21.5 Å². The van der Waals surface area contributed by atoms with Crippen LogP contribution in [-0.4, -0.2) is 14.5 Å². The molecular weight excluding hydrogens is 395 g/mol. The van der Waals surface area contributed by atoms with Gasteiger partial charge in [-0.05, 0) is 49.6 Å². The van der Waals surface area contributed by atoms with Crippen LogP contribution in [0.1, 0.15) is 31.2 Å². The van der Waals surface area contributed by atoms with Crippen molar-refractivity contribution in [3.63, 3.8) is 0 Å². The summed E-state index contributed by atoms with van der Waals surface area (Å²) >= 11 is 0. The molecule has 4 rings (SSSR count). The van der Waals surface area contributed by atoms with E-state index in [2.05, 4.69) is 10.0 Å². The van der Waals surface area contributed by atoms with E-state index in [1.807, 2.05) is 0 Å². The highest BCUT2D eigenvalue weighted by molar-refractivity contribution is 7.92. The third-order valence-corrected chi connectivity index (χ3v) is 6.68. The standard InChI is InChI=1S/C21H21FN2O4S/c1-13-10-11-14(22)12-18(13)29(26,27)24-20-19(23-15-6-2-3-7-15)16-8-4-5-9-17(16)28-21(20)25/h4-5,8-12,15,23-24H,2-3,6-7H2,1H3. The number of benzene rings is 2. The number of fused-ring (bicyclic) bond motifs is 1. The van der Waals surface area contributed by atoms with Crippen LogP contribution >= 0.6 is 0 Å². The number of rotatable bonds is 5.